The topological polar surface area (TPSA) is 25.8 Å². The highest BCUT2D eigenvalue weighted by atomic mass is 79.9. The van der Waals surface area contributed by atoms with Crippen LogP contribution in [0.1, 0.15) is 44.3 Å². The van der Waals surface area contributed by atoms with Crippen LogP contribution < -0.4 is 0 Å². The van der Waals surface area contributed by atoms with Gasteiger partial charge in [-0.3, -0.25) is 0 Å². The third kappa shape index (κ3) is 2.52. The minimum atomic E-state index is 0.412. The van der Waals surface area contributed by atoms with Gasteiger partial charge in [-0.05, 0) is 41.1 Å². The van der Waals surface area contributed by atoms with Gasteiger partial charge < -0.3 is 0 Å². The summed E-state index contributed by atoms with van der Waals surface area (Å²) >= 11 is 15.2. The molecular formula is C11H13BrCl2N2. The van der Waals surface area contributed by atoms with Crippen molar-refractivity contribution in [3.05, 3.63) is 20.6 Å². The molecule has 1 fully saturated rings. The number of hydrogen-bond donors (Lipinski definition) is 0. The molecule has 16 heavy (non-hydrogen) atoms. The minimum Gasteiger partial charge on any atom is -0.220 e. The second-order valence-electron chi connectivity index (χ2n) is 4.26. The van der Waals surface area contributed by atoms with Crippen LogP contribution in [0, 0.1) is 5.92 Å². The maximum absolute atomic E-state index is 5.99. The lowest BCUT2D eigenvalue weighted by Crippen LogP contribution is -2.02. The summed E-state index contributed by atoms with van der Waals surface area (Å²) in [5.74, 6) is 2.02. The summed E-state index contributed by atoms with van der Waals surface area (Å²) in [6.45, 7) is 2.23. The second kappa shape index (κ2) is 5.19. The summed E-state index contributed by atoms with van der Waals surface area (Å²) in [5, 5.41) is 0.824. The molecule has 0 saturated heterocycles. The molecule has 2 rings (SSSR count). The molecular weight excluding hydrogens is 311 g/mol. The Morgan fingerprint density at radius 1 is 1.25 bits per heavy atom. The standard InChI is InChI=1S/C11H13BrCl2N2/c1-2-6-3-4-7(5-6)11-15-9(13)8(12)10(14)16-11/h6-7H,2-5H2,1H3. The van der Waals surface area contributed by atoms with Crippen LogP contribution in [0.4, 0.5) is 0 Å². The average Bonchev–Trinajstić information content (AvgIpc) is 2.73. The molecule has 0 radical (unpaired) electrons. The van der Waals surface area contributed by atoms with Crippen molar-refractivity contribution in [3.63, 3.8) is 0 Å². The van der Waals surface area contributed by atoms with Crippen molar-refractivity contribution in [2.75, 3.05) is 0 Å². The number of hydrogen-bond acceptors (Lipinski definition) is 2. The van der Waals surface area contributed by atoms with Gasteiger partial charge >= 0.3 is 0 Å². The highest BCUT2D eigenvalue weighted by molar-refractivity contribution is 9.10. The molecule has 5 heteroatoms. The lowest BCUT2D eigenvalue weighted by molar-refractivity contribution is 0.516. The largest absolute Gasteiger partial charge is 0.220 e. The lowest BCUT2D eigenvalue weighted by Gasteiger charge is -2.10. The first-order valence-corrected chi connectivity index (χ1v) is 7.05. The van der Waals surface area contributed by atoms with Gasteiger partial charge in [-0.25, -0.2) is 9.97 Å². The average molecular weight is 324 g/mol. The molecule has 0 spiro atoms. The van der Waals surface area contributed by atoms with E-state index < -0.39 is 0 Å². The quantitative estimate of drug-likeness (QED) is 0.728. The molecule has 2 atom stereocenters. The Bertz CT molecular complexity index is 375. The molecule has 1 aliphatic carbocycles. The van der Waals surface area contributed by atoms with Gasteiger partial charge in [-0.15, -0.1) is 0 Å². The number of nitrogens with zero attached hydrogens (tertiary/aromatic N) is 2. The molecule has 88 valence electrons. The number of halogens is 3. The third-order valence-electron chi connectivity index (χ3n) is 3.27. The summed E-state index contributed by atoms with van der Waals surface area (Å²) in [4.78, 5) is 8.61. The van der Waals surface area contributed by atoms with Crippen molar-refractivity contribution in [2.24, 2.45) is 5.92 Å². The highest BCUT2D eigenvalue weighted by Crippen LogP contribution is 2.39. The summed E-state index contributed by atoms with van der Waals surface area (Å²) in [7, 11) is 0. The van der Waals surface area contributed by atoms with Gasteiger partial charge in [0.25, 0.3) is 0 Å². The molecule has 2 unspecified atom stereocenters. The normalized spacial score (nSPS) is 25.0. The van der Waals surface area contributed by atoms with Crippen molar-refractivity contribution < 1.29 is 0 Å². The van der Waals surface area contributed by atoms with Gasteiger partial charge in [0.2, 0.25) is 0 Å². The summed E-state index contributed by atoms with van der Waals surface area (Å²) in [6.07, 6.45) is 4.79. The van der Waals surface area contributed by atoms with E-state index in [4.69, 9.17) is 23.2 Å². The zero-order valence-electron chi connectivity index (χ0n) is 9.01. The first kappa shape index (κ1) is 12.6. The van der Waals surface area contributed by atoms with Gasteiger partial charge in [0.1, 0.15) is 16.1 Å². The summed E-state index contributed by atoms with van der Waals surface area (Å²) in [6, 6.07) is 0. The van der Waals surface area contributed by atoms with E-state index in [-0.39, 0.29) is 0 Å². The molecule has 1 heterocycles. The van der Waals surface area contributed by atoms with E-state index in [0.717, 1.165) is 24.6 Å². The Morgan fingerprint density at radius 2 is 1.88 bits per heavy atom. The van der Waals surface area contributed by atoms with Gasteiger partial charge in [-0.2, -0.15) is 0 Å². The maximum Gasteiger partial charge on any atom is 0.148 e. The molecule has 1 saturated carbocycles. The van der Waals surface area contributed by atoms with Gasteiger partial charge in [0.05, 0.1) is 4.47 Å². The van der Waals surface area contributed by atoms with Crippen molar-refractivity contribution in [2.45, 2.75) is 38.5 Å². The fourth-order valence-corrected chi connectivity index (χ4v) is 2.85. The van der Waals surface area contributed by atoms with Crippen molar-refractivity contribution >= 4 is 39.1 Å². The molecule has 0 bridgehead atoms. The molecule has 1 aromatic heterocycles. The first-order chi connectivity index (χ1) is 7.61. The van der Waals surface area contributed by atoms with Crippen LogP contribution in [0.3, 0.4) is 0 Å². The predicted octanol–water partition coefficient (Wildman–Crippen LogP) is 4.84. The number of aromatic nitrogens is 2. The molecule has 0 N–H and O–H groups in total. The molecule has 0 aromatic carbocycles. The van der Waals surface area contributed by atoms with Crippen LogP contribution in [0.25, 0.3) is 0 Å². The summed E-state index contributed by atoms with van der Waals surface area (Å²) < 4.78 is 0.588. The van der Waals surface area contributed by atoms with Gasteiger partial charge in [0, 0.05) is 5.92 Å². The van der Waals surface area contributed by atoms with Crippen LogP contribution in [0.15, 0.2) is 4.47 Å². The summed E-state index contributed by atoms with van der Waals surface area (Å²) in [5.41, 5.74) is 0. The Morgan fingerprint density at radius 3 is 2.38 bits per heavy atom. The Labute approximate surface area is 114 Å². The Hall–Kier alpha value is 0.140. The van der Waals surface area contributed by atoms with E-state index in [1.807, 2.05) is 0 Å². The van der Waals surface area contributed by atoms with Crippen molar-refractivity contribution in [3.8, 4) is 0 Å². The van der Waals surface area contributed by atoms with Crippen LogP contribution in [0.2, 0.25) is 10.3 Å². The molecule has 2 nitrogen and oxygen atoms in total. The lowest BCUT2D eigenvalue weighted by atomic mass is 10.0. The monoisotopic (exact) mass is 322 g/mol. The first-order valence-electron chi connectivity index (χ1n) is 5.50. The van der Waals surface area contributed by atoms with Crippen molar-refractivity contribution in [1.82, 2.24) is 9.97 Å². The molecule has 1 aliphatic rings. The van der Waals surface area contributed by atoms with E-state index >= 15 is 0 Å². The highest BCUT2D eigenvalue weighted by Gasteiger charge is 2.27. The second-order valence-corrected chi connectivity index (χ2v) is 5.77. The molecule has 1 aromatic rings. The molecule has 0 aliphatic heterocycles. The van der Waals surface area contributed by atoms with Crippen LogP contribution in [-0.4, -0.2) is 9.97 Å². The molecule has 0 amide bonds. The zero-order valence-corrected chi connectivity index (χ0v) is 12.1. The Balaban J connectivity index is 2.22. The van der Waals surface area contributed by atoms with Gasteiger partial charge in [-0.1, -0.05) is 36.5 Å². The smallest absolute Gasteiger partial charge is 0.148 e. The van der Waals surface area contributed by atoms with E-state index in [9.17, 15) is 0 Å². The zero-order chi connectivity index (χ0) is 11.7. The fraction of sp³-hybridized carbons (Fsp3) is 0.636. The minimum absolute atomic E-state index is 0.412. The van der Waals surface area contributed by atoms with Crippen LogP contribution in [0.5, 0.6) is 0 Å². The SMILES string of the molecule is CCC1CCC(c2nc(Cl)c(Br)c(Cl)n2)C1. The van der Waals surface area contributed by atoms with Crippen molar-refractivity contribution in [1.29, 1.82) is 0 Å². The van der Waals surface area contributed by atoms with E-state index in [2.05, 4.69) is 32.8 Å². The number of rotatable bonds is 2. The van der Waals surface area contributed by atoms with E-state index in [1.54, 1.807) is 0 Å². The van der Waals surface area contributed by atoms with Crippen LogP contribution >= 0.6 is 39.1 Å². The third-order valence-corrected chi connectivity index (χ3v) is 5.03. The van der Waals surface area contributed by atoms with E-state index in [1.165, 1.54) is 12.8 Å². The fourth-order valence-electron chi connectivity index (χ4n) is 2.27. The van der Waals surface area contributed by atoms with Crippen LogP contribution in [-0.2, 0) is 0 Å². The van der Waals surface area contributed by atoms with Gasteiger partial charge in [0.15, 0.2) is 0 Å². The Kier molecular flexibility index (Phi) is 4.09. The maximum atomic E-state index is 5.99. The predicted molar refractivity (Wildman–Crippen MR) is 70.1 cm³/mol. The van der Waals surface area contributed by atoms with E-state index in [0.29, 0.717) is 20.7 Å².